The standard InChI is InChI=1S/C12H19NO4/c14-11(15)10-7-9(4-3-8-1-2-8)5-6-13(10)12(16)17/h8-10H,1-7H2,(H,14,15)(H,16,17). The van der Waals surface area contributed by atoms with Crippen molar-refractivity contribution in [1.82, 2.24) is 4.90 Å². The molecule has 0 bridgehead atoms. The topological polar surface area (TPSA) is 77.8 Å². The van der Waals surface area contributed by atoms with Crippen LogP contribution >= 0.6 is 0 Å². The van der Waals surface area contributed by atoms with Crippen LogP contribution in [0.4, 0.5) is 4.79 Å². The summed E-state index contributed by atoms with van der Waals surface area (Å²) in [6.45, 7) is 0.363. The number of amides is 1. The van der Waals surface area contributed by atoms with Crippen LogP contribution in [0.5, 0.6) is 0 Å². The van der Waals surface area contributed by atoms with Crippen LogP contribution in [0.2, 0.25) is 0 Å². The molecule has 2 aliphatic rings. The Morgan fingerprint density at radius 3 is 2.24 bits per heavy atom. The fourth-order valence-electron chi connectivity index (χ4n) is 2.64. The van der Waals surface area contributed by atoms with Gasteiger partial charge in [-0.2, -0.15) is 0 Å². The van der Waals surface area contributed by atoms with Gasteiger partial charge in [-0.3, -0.25) is 4.90 Å². The van der Waals surface area contributed by atoms with E-state index in [1.807, 2.05) is 0 Å². The first-order chi connectivity index (χ1) is 8.08. The van der Waals surface area contributed by atoms with Crippen LogP contribution in [0, 0.1) is 11.8 Å². The zero-order chi connectivity index (χ0) is 12.4. The Bertz CT molecular complexity index is 314. The van der Waals surface area contributed by atoms with Gasteiger partial charge in [-0.1, -0.05) is 25.7 Å². The number of aliphatic carboxylic acids is 1. The molecule has 1 aliphatic carbocycles. The Morgan fingerprint density at radius 1 is 1.06 bits per heavy atom. The first-order valence-corrected chi connectivity index (χ1v) is 6.30. The predicted molar refractivity (Wildman–Crippen MR) is 60.8 cm³/mol. The van der Waals surface area contributed by atoms with Crippen molar-refractivity contribution >= 4 is 12.1 Å². The summed E-state index contributed by atoms with van der Waals surface area (Å²) < 4.78 is 0. The largest absolute Gasteiger partial charge is 0.480 e. The molecular weight excluding hydrogens is 222 g/mol. The summed E-state index contributed by atoms with van der Waals surface area (Å²) in [5.41, 5.74) is 0. The monoisotopic (exact) mass is 241 g/mol. The number of likely N-dealkylation sites (tertiary alicyclic amines) is 1. The van der Waals surface area contributed by atoms with Crippen molar-refractivity contribution in [1.29, 1.82) is 0 Å². The maximum Gasteiger partial charge on any atom is 0.408 e. The van der Waals surface area contributed by atoms with Crippen LogP contribution in [0.25, 0.3) is 0 Å². The van der Waals surface area contributed by atoms with Gasteiger partial charge in [-0.05, 0) is 24.7 Å². The Kier molecular flexibility index (Phi) is 3.54. The molecule has 1 heterocycles. The lowest BCUT2D eigenvalue weighted by Gasteiger charge is -2.35. The molecule has 1 saturated carbocycles. The highest BCUT2D eigenvalue weighted by molar-refractivity contribution is 5.79. The third kappa shape index (κ3) is 3.11. The summed E-state index contributed by atoms with van der Waals surface area (Å²) in [6.07, 6.45) is 5.05. The number of nitrogens with zero attached hydrogens (tertiary/aromatic N) is 1. The first-order valence-electron chi connectivity index (χ1n) is 6.30. The molecule has 2 unspecified atom stereocenters. The Balaban J connectivity index is 1.88. The summed E-state index contributed by atoms with van der Waals surface area (Å²) in [6, 6.07) is -0.842. The lowest BCUT2D eigenvalue weighted by Crippen LogP contribution is -2.49. The Morgan fingerprint density at radius 2 is 1.71 bits per heavy atom. The quantitative estimate of drug-likeness (QED) is 0.789. The fourth-order valence-corrected chi connectivity index (χ4v) is 2.64. The third-order valence-corrected chi connectivity index (χ3v) is 3.92. The van der Waals surface area contributed by atoms with Gasteiger partial charge < -0.3 is 10.2 Å². The highest BCUT2D eigenvalue weighted by atomic mass is 16.4. The van der Waals surface area contributed by atoms with E-state index in [1.54, 1.807) is 0 Å². The van der Waals surface area contributed by atoms with Gasteiger partial charge in [-0.25, -0.2) is 9.59 Å². The van der Waals surface area contributed by atoms with Crippen LogP contribution < -0.4 is 0 Å². The molecule has 1 saturated heterocycles. The molecule has 96 valence electrons. The molecule has 2 atom stereocenters. The highest BCUT2D eigenvalue weighted by Crippen LogP contribution is 2.37. The second kappa shape index (κ2) is 4.94. The molecule has 0 aromatic carbocycles. The average molecular weight is 241 g/mol. The van der Waals surface area contributed by atoms with E-state index in [0.29, 0.717) is 18.9 Å². The molecule has 2 fully saturated rings. The van der Waals surface area contributed by atoms with E-state index < -0.39 is 18.1 Å². The summed E-state index contributed by atoms with van der Waals surface area (Å²) in [5, 5.41) is 18.0. The predicted octanol–water partition coefficient (Wildman–Crippen LogP) is 2.02. The average Bonchev–Trinajstić information content (AvgIpc) is 3.09. The SMILES string of the molecule is O=C(O)C1CC(CCC2CC2)CCN1C(=O)O. The minimum Gasteiger partial charge on any atom is -0.480 e. The van der Waals surface area contributed by atoms with Crippen molar-refractivity contribution in [2.75, 3.05) is 6.54 Å². The van der Waals surface area contributed by atoms with Gasteiger partial charge in [-0.15, -0.1) is 0 Å². The molecule has 0 radical (unpaired) electrons. The molecule has 0 spiro atoms. The third-order valence-electron chi connectivity index (χ3n) is 3.92. The normalized spacial score (nSPS) is 29.1. The van der Waals surface area contributed by atoms with E-state index in [4.69, 9.17) is 10.2 Å². The number of hydrogen-bond donors (Lipinski definition) is 2. The minimum atomic E-state index is -1.11. The van der Waals surface area contributed by atoms with Crippen molar-refractivity contribution in [3.63, 3.8) is 0 Å². The van der Waals surface area contributed by atoms with Crippen molar-refractivity contribution in [2.45, 2.75) is 44.6 Å². The number of hydrogen-bond acceptors (Lipinski definition) is 2. The molecule has 17 heavy (non-hydrogen) atoms. The van der Waals surface area contributed by atoms with Crippen LogP contribution in [0.3, 0.4) is 0 Å². The number of carbonyl (C=O) groups is 2. The molecular formula is C12H19NO4. The van der Waals surface area contributed by atoms with E-state index in [1.165, 1.54) is 19.3 Å². The van der Waals surface area contributed by atoms with Gasteiger partial charge in [0, 0.05) is 6.54 Å². The Hall–Kier alpha value is -1.26. The summed E-state index contributed by atoms with van der Waals surface area (Å²) >= 11 is 0. The van der Waals surface area contributed by atoms with Crippen LogP contribution in [0.1, 0.15) is 38.5 Å². The lowest BCUT2D eigenvalue weighted by molar-refractivity contribution is -0.144. The summed E-state index contributed by atoms with van der Waals surface area (Å²) in [5.74, 6) is 0.228. The summed E-state index contributed by atoms with van der Waals surface area (Å²) in [7, 11) is 0. The van der Waals surface area contributed by atoms with Crippen molar-refractivity contribution in [2.24, 2.45) is 11.8 Å². The molecule has 1 amide bonds. The van der Waals surface area contributed by atoms with Crippen molar-refractivity contribution in [3.05, 3.63) is 0 Å². The zero-order valence-corrected chi connectivity index (χ0v) is 9.84. The van der Waals surface area contributed by atoms with Crippen LogP contribution in [-0.2, 0) is 4.79 Å². The molecule has 2 N–H and O–H groups in total. The second-order valence-corrected chi connectivity index (χ2v) is 5.24. The molecule has 5 heteroatoms. The molecule has 1 aliphatic heterocycles. The van der Waals surface area contributed by atoms with Gasteiger partial charge in [0.1, 0.15) is 6.04 Å². The van der Waals surface area contributed by atoms with Gasteiger partial charge in [0.25, 0.3) is 0 Å². The maximum atomic E-state index is 11.1. The van der Waals surface area contributed by atoms with Crippen molar-refractivity contribution < 1.29 is 19.8 Å². The molecule has 2 rings (SSSR count). The number of carboxylic acids is 1. The van der Waals surface area contributed by atoms with E-state index in [0.717, 1.165) is 23.7 Å². The van der Waals surface area contributed by atoms with Gasteiger partial charge in [0.05, 0.1) is 0 Å². The maximum absolute atomic E-state index is 11.1. The van der Waals surface area contributed by atoms with Gasteiger partial charge in [0.2, 0.25) is 0 Å². The van der Waals surface area contributed by atoms with E-state index >= 15 is 0 Å². The smallest absolute Gasteiger partial charge is 0.408 e. The molecule has 0 aromatic rings. The van der Waals surface area contributed by atoms with E-state index in [9.17, 15) is 9.59 Å². The number of piperidine rings is 1. The van der Waals surface area contributed by atoms with E-state index in [2.05, 4.69) is 0 Å². The minimum absolute atomic E-state index is 0.363. The van der Waals surface area contributed by atoms with E-state index in [-0.39, 0.29) is 0 Å². The van der Waals surface area contributed by atoms with Crippen molar-refractivity contribution in [3.8, 4) is 0 Å². The highest BCUT2D eigenvalue weighted by Gasteiger charge is 2.36. The zero-order valence-electron chi connectivity index (χ0n) is 9.84. The summed E-state index contributed by atoms with van der Waals surface area (Å²) in [4.78, 5) is 23.0. The van der Waals surface area contributed by atoms with Gasteiger partial charge in [0.15, 0.2) is 0 Å². The fraction of sp³-hybridized carbons (Fsp3) is 0.833. The van der Waals surface area contributed by atoms with Crippen LogP contribution in [0.15, 0.2) is 0 Å². The first kappa shape index (κ1) is 12.2. The molecule has 0 aromatic heterocycles. The number of carboxylic acid groups (broad SMARTS) is 2. The Labute approximate surface area is 100 Å². The molecule has 5 nitrogen and oxygen atoms in total. The number of rotatable bonds is 4. The van der Waals surface area contributed by atoms with Crippen LogP contribution in [-0.4, -0.2) is 39.8 Å². The second-order valence-electron chi connectivity index (χ2n) is 5.24. The lowest BCUT2D eigenvalue weighted by atomic mass is 9.87. The van der Waals surface area contributed by atoms with Gasteiger partial charge >= 0.3 is 12.1 Å².